The van der Waals surface area contributed by atoms with E-state index in [4.69, 9.17) is 10.9 Å². The number of hydrogen-bond donors (Lipinski definition) is 3. The minimum Gasteiger partial charge on any atom is -0.398 e. The topological polar surface area (TPSA) is 115 Å². The van der Waals surface area contributed by atoms with Crippen LogP contribution in [0, 0.1) is 5.82 Å². The molecule has 0 spiro atoms. The van der Waals surface area contributed by atoms with Crippen LogP contribution >= 0.6 is 0 Å². The average Bonchev–Trinajstić information content (AvgIpc) is 2.41. The molecule has 0 saturated carbocycles. The summed E-state index contributed by atoms with van der Waals surface area (Å²) < 4.78 is 35.3. The van der Waals surface area contributed by atoms with Gasteiger partial charge in [-0.05, 0) is 42.5 Å². The van der Waals surface area contributed by atoms with E-state index in [9.17, 15) is 17.6 Å². The predicted molar refractivity (Wildman–Crippen MR) is 76.6 cm³/mol. The zero-order valence-corrected chi connectivity index (χ0v) is 11.5. The first-order valence-electron chi connectivity index (χ1n) is 5.76. The fourth-order valence-electron chi connectivity index (χ4n) is 1.65. The normalized spacial score (nSPS) is 11.1. The zero-order chi connectivity index (χ0) is 15.6. The number of benzene rings is 2. The summed E-state index contributed by atoms with van der Waals surface area (Å²) in [5, 5.41) is 7.45. The Morgan fingerprint density at radius 2 is 1.71 bits per heavy atom. The van der Waals surface area contributed by atoms with Gasteiger partial charge in [0.25, 0.3) is 5.91 Å². The molecule has 0 saturated heterocycles. The van der Waals surface area contributed by atoms with E-state index in [1.54, 1.807) is 0 Å². The lowest BCUT2D eigenvalue weighted by atomic mass is 10.1. The first-order chi connectivity index (χ1) is 9.77. The van der Waals surface area contributed by atoms with E-state index in [1.165, 1.54) is 30.3 Å². The molecule has 1 amide bonds. The van der Waals surface area contributed by atoms with Crippen LogP contribution in [-0.4, -0.2) is 14.3 Å². The number of primary sulfonamides is 1. The van der Waals surface area contributed by atoms with Crippen LogP contribution < -0.4 is 16.2 Å². The predicted octanol–water partition coefficient (Wildman–Crippen LogP) is 1.31. The van der Waals surface area contributed by atoms with Crippen molar-refractivity contribution in [3.63, 3.8) is 0 Å². The summed E-state index contributed by atoms with van der Waals surface area (Å²) >= 11 is 0. The van der Waals surface area contributed by atoms with E-state index in [-0.39, 0.29) is 16.1 Å². The molecule has 2 aromatic carbocycles. The van der Waals surface area contributed by atoms with Gasteiger partial charge in [0.2, 0.25) is 10.0 Å². The standard InChI is InChI=1S/C13H12FN3O3S/c14-8-1-6-12(15)11(7-8)13(18)17-9-2-4-10(5-3-9)21(16,19)20/h1-7H,15H2,(H,17,18)(H2,16,19,20). The fourth-order valence-corrected chi connectivity index (χ4v) is 2.17. The average molecular weight is 309 g/mol. The third kappa shape index (κ3) is 3.56. The van der Waals surface area contributed by atoms with Crippen molar-refractivity contribution in [2.45, 2.75) is 4.90 Å². The minimum atomic E-state index is -3.79. The number of anilines is 2. The molecule has 0 unspecified atom stereocenters. The van der Waals surface area contributed by atoms with Crippen molar-refractivity contribution in [2.24, 2.45) is 5.14 Å². The quantitative estimate of drug-likeness (QED) is 0.741. The highest BCUT2D eigenvalue weighted by molar-refractivity contribution is 7.89. The molecule has 6 nitrogen and oxygen atoms in total. The van der Waals surface area contributed by atoms with Gasteiger partial charge in [0.1, 0.15) is 5.82 Å². The third-order valence-electron chi connectivity index (χ3n) is 2.70. The molecule has 0 bridgehead atoms. The Morgan fingerprint density at radius 1 is 1.10 bits per heavy atom. The van der Waals surface area contributed by atoms with Gasteiger partial charge in [-0.25, -0.2) is 17.9 Å². The van der Waals surface area contributed by atoms with Gasteiger partial charge in [-0.1, -0.05) is 0 Å². The molecule has 0 heterocycles. The van der Waals surface area contributed by atoms with Crippen LogP contribution in [0.1, 0.15) is 10.4 Å². The van der Waals surface area contributed by atoms with Crippen molar-refractivity contribution in [1.29, 1.82) is 0 Å². The Hall–Kier alpha value is -2.45. The number of nitrogens with one attached hydrogen (secondary N) is 1. The molecule has 0 aromatic heterocycles. The lowest BCUT2D eigenvalue weighted by Gasteiger charge is -2.08. The first kappa shape index (κ1) is 14.9. The highest BCUT2D eigenvalue weighted by atomic mass is 32.2. The lowest BCUT2D eigenvalue weighted by Crippen LogP contribution is -2.15. The molecular weight excluding hydrogens is 297 g/mol. The molecule has 5 N–H and O–H groups in total. The van der Waals surface area contributed by atoms with E-state index < -0.39 is 21.7 Å². The number of nitrogen functional groups attached to an aromatic ring is 1. The van der Waals surface area contributed by atoms with Crippen LogP contribution in [0.2, 0.25) is 0 Å². The maximum atomic E-state index is 13.1. The monoisotopic (exact) mass is 309 g/mol. The Kier molecular flexibility index (Phi) is 3.92. The number of nitrogens with two attached hydrogens (primary N) is 2. The summed E-state index contributed by atoms with van der Waals surface area (Å²) in [6.45, 7) is 0. The second-order valence-electron chi connectivity index (χ2n) is 4.26. The van der Waals surface area contributed by atoms with Gasteiger partial charge in [-0.2, -0.15) is 0 Å². The Labute approximate surface area is 120 Å². The number of hydrogen-bond acceptors (Lipinski definition) is 4. The number of carbonyl (C=O) groups excluding carboxylic acids is 1. The van der Waals surface area contributed by atoms with Crippen LogP contribution in [0.4, 0.5) is 15.8 Å². The summed E-state index contributed by atoms with van der Waals surface area (Å²) in [5.41, 5.74) is 6.06. The number of halogens is 1. The zero-order valence-electron chi connectivity index (χ0n) is 10.7. The molecule has 0 fully saturated rings. The first-order valence-corrected chi connectivity index (χ1v) is 7.31. The molecule has 110 valence electrons. The van der Waals surface area contributed by atoms with Crippen LogP contribution in [0.3, 0.4) is 0 Å². The van der Waals surface area contributed by atoms with Crippen molar-refractivity contribution in [3.8, 4) is 0 Å². The Morgan fingerprint density at radius 3 is 2.29 bits per heavy atom. The van der Waals surface area contributed by atoms with E-state index >= 15 is 0 Å². The Bertz CT molecular complexity index is 789. The van der Waals surface area contributed by atoms with E-state index in [0.717, 1.165) is 12.1 Å². The largest absolute Gasteiger partial charge is 0.398 e. The molecule has 0 aliphatic heterocycles. The molecular formula is C13H12FN3O3S. The molecule has 0 radical (unpaired) electrons. The summed E-state index contributed by atoms with van der Waals surface area (Å²) in [7, 11) is -3.79. The van der Waals surface area contributed by atoms with E-state index in [1.807, 2.05) is 0 Å². The summed E-state index contributed by atoms with van der Waals surface area (Å²) in [6.07, 6.45) is 0. The van der Waals surface area contributed by atoms with Gasteiger partial charge >= 0.3 is 0 Å². The van der Waals surface area contributed by atoms with E-state index in [2.05, 4.69) is 5.32 Å². The molecule has 8 heteroatoms. The van der Waals surface area contributed by atoms with Crippen LogP contribution in [0.15, 0.2) is 47.4 Å². The maximum Gasteiger partial charge on any atom is 0.257 e. The third-order valence-corrected chi connectivity index (χ3v) is 3.63. The SMILES string of the molecule is Nc1ccc(F)cc1C(=O)Nc1ccc(S(N)(=O)=O)cc1. The van der Waals surface area contributed by atoms with Crippen molar-refractivity contribution in [2.75, 3.05) is 11.1 Å². The molecule has 2 rings (SSSR count). The summed E-state index contributed by atoms with van der Waals surface area (Å²) in [5.74, 6) is -1.19. The van der Waals surface area contributed by atoms with Crippen molar-refractivity contribution in [3.05, 3.63) is 53.8 Å². The molecule has 0 atom stereocenters. The smallest absolute Gasteiger partial charge is 0.257 e. The van der Waals surface area contributed by atoms with Crippen LogP contribution in [0.5, 0.6) is 0 Å². The fraction of sp³-hybridized carbons (Fsp3) is 0. The van der Waals surface area contributed by atoms with Gasteiger partial charge < -0.3 is 11.1 Å². The van der Waals surface area contributed by atoms with Gasteiger partial charge in [0.15, 0.2) is 0 Å². The highest BCUT2D eigenvalue weighted by Crippen LogP contribution is 2.17. The second kappa shape index (κ2) is 5.51. The van der Waals surface area contributed by atoms with Gasteiger partial charge in [-0.3, -0.25) is 4.79 Å². The summed E-state index contributed by atoms with van der Waals surface area (Å²) in [6, 6.07) is 8.69. The number of sulfonamides is 1. The molecule has 0 aliphatic rings. The Balaban J connectivity index is 2.22. The number of amides is 1. The second-order valence-corrected chi connectivity index (χ2v) is 5.82. The van der Waals surface area contributed by atoms with Crippen molar-refractivity contribution < 1.29 is 17.6 Å². The van der Waals surface area contributed by atoms with Crippen molar-refractivity contribution in [1.82, 2.24) is 0 Å². The lowest BCUT2D eigenvalue weighted by molar-refractivity contribution is 0.102. The summed E-state index contributed by atoms with van der Waals surface area (Å²) in [4.78, 5) is 11.9. The van der Waals surface area contributed by atoms with Crippen molar-refractivity contribution >= 4 is 27.3 Å². The molecule has 0 aliphatic carbocycles. The van der Waals surface area contributed by atoms with E-state index in [0.29, 0.717) is 5.69 Å². The van der Waals surface area contributed by atoms with Gasteiger partial charge in [0.05, 0.1) is 10.5 Å². The number of rotatable bonds is 3. The minimum absolute atomic E-state index is 0.00878. The van der Waals surface area contributed by atoms with Crippen LogP contribution in [-0.2, 0) is 10.0 Å². The maximum absolute atomic E-state index is 13.1. The van der Waals surface area contributed by atoms with Crippen LogP contribution in [0.25, 0.3) is 0 Å². The van der Waals surface area contributed by atoms with Gasteiger partial charge in [-0.15, -0.1) is 0 Å². The molecule has 2 aromatic rings. The number of carbonyl (C=O) groups is 1. The van der Waals surface area contributed by atoms with Gasteiger partial charge in [0, 0.05) is 11.4 Å². The highest BCUT2D eigenvalue weighted by Gasteiger charge is 2.12. The molecule has 21 heavy (non-hydrogen) atoms.